The fourth-order valence-electron chi connectivity index (χ4n) is 2.13. The average molecular weight is 321 g/mol. The van der Waals surface area contributed by atoms with Crippen molar-refractivity contribution < 1.29 is 31.8 Å². The molecule has 1 aliphatic heterocycles. The second kappa shape index (κ2) is 6.95. The second-order valence-electron chi connectivity index (χ2n) is 4.71. The molecule has 2 rings (SSSR count). The number of ether oxygens (including phenoxy) is 2. The number of benzene rings is 1. The molecule has 0 aliphatic carbocycles. The van der Waals surface area contributed by atoms with Gasteiger partial charge in [-0.05, 0) is 6.42 Å². The number of hydrogen-bond acceptors (Lipinski definition) is 4. The molecule has 0 radical (unpaired) electrons. The molecular weight excluding hydrogens is 306 g/mol. The lowest BCUT2D eigenvalue weighted by Crippen LogP contribution is -2.38. The zero-order valence-electron chi connectivity index (χ0n) is 11.9. The van der Waals surface area contributed by atoms with Crippen LogP contribution in [-0.2, 0) is 9.47 Å². The lowest BCUT2D eigenvalue weighted by molar-refractivity contribution is 0.0491. The van der Waals surface area contributed by atoms with Gasteiger partial charge in [0.2, 0.25) is 0 Å². The Kier molecular flexibility index (Phi) is 5.23. The fourth-order valence-corrected chi connectivity index (χ4v) is 2.13. The van der Waals surface area contributed by atoms with Gasteiger partial charge in [-0.2, -0.15) is 0 Å². The number of carbonyl (C=O) groups is 1. The lowest BCUT2D eigenvalue weighted by atomic mass is 10.1. The number of halogens is 4. The highest BCUT2D eigenvalue weighted by atomic mass is 19.2. The average Bonchev–Trinajstić information content (AvgIpc) is 2.52. The molecule has 0 aromatic heterocycles. The van der Waals surface area contributed by atoms with Crippen molar-refractivity contribution in [1.29, 1.82) is 0 Å². The minimum atomic E-state index is -1.75. The van der Waals surface area contributed by atoms with E-state index in [-0.39, 0.29) is 32.9 Å². The number of anilines is 1. The Labute approximate surface area is 124 Å². The van der Waals surface area contributed by atoms with Crippen molar-refractivity contribution in [1.82, 2.24) is 0 Å². The van der Waals surface area contributed by atoms with E-state index in [1.165, 1.54) is 0 Å². The first-order chi connectivity index (χ1) is 10.5. The van der Waals surface area contributed by atoms with Crippen LogP contribution in [0, 0.1) is 23.3 Å². The van der Waals surface area contributed by atoms with Gasteiger partial charge in [0.05, 0.1) is 19.8 Å². The monoisotopic (exact) mass is 321 g/mol. The number of hydrogen-bond donors (Lipinski definition) is 0. The third-order valence-corrected chi connectivity index (χ3v) is 3.21. The molecule has 0 N–H and O–H groups in total. The molecule has 0 atom stereocenters. The van der Waals surface area contributed by atoms with Gasteiger partial charge in [-0.3, -0.25) is 0 Å². The van der Waals surface area contributed by atoms with Crippen LogP contribution in [0.15, 0.2) is 0 Å². The molecule has 1 fully saturated rings. The number of morpholine rings is 1. The molecule has 122 valence electrons. The van der Waals surface area contributed by atoms with Crippen LogP contribution in [-0.4, -0.2) is 38.9 Å². The van der Waals surface area contributed by atoms with Crippen LogP contribution in [0.1, 0.15) is 23.7 Å². The van der Waals surface area contributed by atoms with Crippen molar-refractivity contribution in [3.8, 4) is 0 Å². The molecule has 0 unspecified atom stereocenters. The molecule has 1 saturated heterocycles. The van der Waals surface area contributed by atoms with Crippen LogP contribution in [0.25, 0.3) is 0 Å². The van der Waals surface area contributed by atoms with E-state index in [4.69, 9.17) is 4.74 Å². The third kappa shape index (κ3) is 3.01. The Morgan fingerprint density at radius 2 is 1.64 bits per heavy atom. The molecule has 22 heavy (non-hydrogen) atoms. The Morgan fingerprint density at radius 3 is 2.14 bits per heavy atom. The molecule has 0 spiro atoms. The standard InChI is InChI=1S/C14H15F4NO3/c1-2-5-22-14(20)8-9(15)11(17)13(12(18)10(8)16)19-3-6-21-7-4-19/h2-7H2,1H3. The van der Waals surface area contributed by atoms with Crippen molar-refractivity contribution in [2.75, 3.05) is 37.8 Å². The first-order valence-electron chi connectivity index (χ1n) is 6.84. The van der Waals surface area contributed by atoms with Gasteiger partial charge in [-0.25, -0.2) is 22.4 Å². The molecule has 0 saturated carbocycles. The summed E-state index contributed by atoms with van der Waals surface area (Å²) < 4.78 is 65.8. The van der Waals surface area contributed by atoms with Gasteiger partial charge < -0.3 is 14.4 Å². The Morgan fingerprint density at radius 1 is 1.09 bits per heavy atom. The normalized spacial score (nSPS) is 15.0. The van der Waals surface area contributed by atoms with E-state index < -0.39 is 40.5 Å². The number of rotatable bonds is 4. The summed E-state index contributed by atoms with van der Waals surface area (Å²) in [6, 6.07) is 0. The third-order valence-electron chi connectivity index (χ3n) is 3.21. The Bertz CT molecular complexity index is 545. The number of esters is 1. The van der Waals surface area contributed by atoms with Crippen molar-refractivity contribution in [2.45, 2.75) is 13.3 Å². The minimum absolute atomic E-state index is 0.0896. The van der Waals surface area contributed by atoms with E-state index in [0.717, 1.165) is 4.90 Å². The first kappa shape index (κ1) is 16.5. The van der Waals surface area contributed by atoms with Gasteiger partial charge in [-0.1, -0.05) is 6.92 Å². The summed E-state index contributed by atoms with van der Waals surface area (Å²) in [6.07, 6.45) is 0.409. The summed E-state index contributed by atoms with van der Waals surface area (Å²) in [4.78, 5) is 12.7. The molecule has 1 aromatic carbocycles. The van der Waals surface area contributed by atoms with E-state index in [0.29, 0.717) is 6.42 Å². The van der Waals surface area contributed by atoms with E-state index in [1.807, 2.05) is 0 Å². The molecule has 4 nitrogen and oxygen atoms in total. The first-order valence-corrected chi connectivity index (χ1v) is 6.84. The Balaban J connectivity index is 2.45. The number of nitrogens with zero attached hydrogens (tertiary/aromatic N) is 1. The van der Waals surface area contributed by atoms with Crippen LogP contribution in [0.2, 0.25) is 0 Å². The number of carbonyl (C=O) groups excluding carboxylic acids is 1. The van der Waals surface area contributed by atoms with Crippen LogP contribution < -0.4 is 4.90 Å². The summed E-state index contributed by atoms with van der Waals surface area (Å²) in [5.74, 6) is -8.14. The minimum Gasteiger partial charge on any atom is -0.462 e. The molecule has 8 heteroatoms. The van der Waals surface area contributed by atoms with E-state index in [1.54, 1.807) is 6.92 Å². The summed E-state index contributed by atoms with van der Waals surface area (Å²) in [5.41, 5.74) is -2.18. The molecule has 0 amide bonds. The molecule has 0 bridgehead atoms. The van der Waals surface area contributed by atoms with E-state index >= 15 is 0 Å². The second-order valence-corrected chi connectivity index (χ2v) is 4.71. The van der Waals surface area contributed by atoms with Crippen molar-refractivity contribution in [3.63, 3.8) is 0 Å². The maximum absolute atomic E-state index is 14.1. The van der Waals surface area contributed by atoms with Crippen molar-refractivity contribution >= 4 is 11.7 Å². The molecule has 1 heterocycles. The van der Waals surface area contributed by atoms with Gasteiger partial charge in [0.1, 0.15) is 11.3 Å². The fraction of sp³-hybridized carbons (Fsp3) is 0.500. The highest BCUT2D eigenvalue weighted by molar-refractivity contribution is 5.90. The van der Waals surface area contributed by atoms with Gasteiger partial charge in [-0.15, -0.1) is 0 Å². The summed E-state index contributed by atoms with van der Waals surface area (Å²) in [7, 11) is 0. The van der Waals surface area contributed by atoms with Crippen LogP contribution in [0.3, 0.4) is 0 Å². The molecular formula is C14H15F4NO3. The lowest BCUT2D eigenvalue weighted by Gasteiger charge is -2.29. The van der Waals surface area contributed by atoms with Crippen LogP contribution in [0.5, 0.6) is 0 Å². The van der Waals surface area contributed by atoms with E-state index in [2.05, 4.69) is 4.74 Å². The molecule has 1 aromatic rings. The summed E-state index contributed by atoms with van der Waals surface area (Å²) in [6.45, 7) is 2.11. The largest absolute Gasteiger partial charge is 0.462 e. The highest BCUT2D eigenvalue weighted by Gasteiger charge is 2.33. The maximum Gasteiger partial charge on any atom is 0.344 e. The van der Waals surface area contributed by atoms with Gasteiger partial charge in [0, 0.05) is 13.1 Å². The Hall–Kier alpha value is -1.83. The molecule has 1 aliphatic rings. The highest BCUT2D eigenvalue weighted by Crippen LogP contribution is 2.31. The zero-order chi connectivity index (χ0) is 16.3. The quantitative estimate of drug-likeness (QED) is 0.485. The van der Waals surface area contributed by atoms with Gasteiger partial charge in [0.25, 0.3) is 0 Å². The zero-order valence-corrected chi connectivity index (χ0v) is 11.9. The van der Waals surface area contributed by atoms with Crippen molar-refractivity contribution in [3.05, 3.63) is 28.8 Å². The smallest absolute Gasteiger partial charge is 0.344 e. The SMILES string of the molecule is CCCOC(=O)c1c(F)c(F)c(N2CCOCC2)c(F)c1F. The summed E-state index contributed by atoms with van der Waals surface area (Å²) in [5, 5.41) is 0. The van der Waals surface area contributed by atoms with Gasteiger partial charge in [0.15, 0.2) is 23.3 Å². The predicted octanol–water partition coefficient (Wildman–Crippen LogP) is 2.65. The maximum atomic E-state index is 14.1. The van der Waals surface area contributed by atoms with Crippen molar-refractivity contribution in [2.24, 2.45) is 0 Å². The van der Waals surface area contributed by atoms with Crippen LogP contribution in [0.4, 0.5) is 23.2 Å². The predicted molar refractivity (Wildman–Crippen MR) is 69.9 cm³/mol. The topological polar surface area (TPSA) is 38.8 Å². The van der Waals surface area contributed by atoms with E-state index in [9.17, 15) is 22.4 Å². The summed E-state index contributed by atoms with van der Waals surface area (Å²) >= 11 is 0. The van der Waals surface area contributed by atoms with Crippen LogP contribution >= 0.6 is 0 Å². The van der Waals surface area contributed by atoms with Gasteiger partial charge >= 0.3 is 5.97 Å².